The van der Waals surface area contributed by atoms with Gasteiger partial charge in [-0.05, 0) is 51.4 Å². The van der Waals surface area contributed by atoms with Crippen LogP contribution in [-0.2, 0) is 9.68 Å². The van der Waals surface area contributed by atoms with Gasteiger partial charge in [0.25, 0.3) is 0 Å². The fraction of sp³-hybridized carbons (Fsp3) is 1.00. The van der Waals surface area contributed by atoms with Crippen LogP contribution in [0.3, 0.4) is 0 Å². The zero-order valence-electron chi connectivity index (χ0n) is 12.4. The molecule has 0 radical (unpaired) electrons. The molecule has 120 valence electrons. The third-order valence-corrected chi connectivity index (χ3v) is 3.92. The number of nitrogens with zero attached hydrogens (tertiary/aromatic N) is 4. The summed E-state index contributed by atoms with van der Waals surface area (Å²) in [5.74, 6) is 0. The molecule has 0 spiro atoms. The van der Waals surface area contributed by atoms with Crippen LogP contribution in [0.2, 0.25) is 0 Å². The topological polar surface area (TPSA) is 95.3 Å². The SMILES string of the molecule is [O-]/[N+](C/[N+]([O-])=N\OC1CCCCC1)=N\OC1CCCCC1. The molecule has 0 aromatic heterocycles. The van der Waals surface area contributed by atoms with Gasteiger partial charge in [-0.25, -0.2) is 0 Å². The normalized spacial score (nSPS) is 23.0. The van der Waals surface area contributed by atoms with Crippen LogP contribution in [0, 0.1) is 10.4 Å². The first kappa shape index (κ1) is 15.8. The van der Waals surface area contributed by atoms with Crippen LogP contribution in [0.25, 0.3) is 0 Å². The van der Waals surface area contributed by atoms with Gasteiger partial charge in [0.15, 0.2) is 0 Å². The van der Waals surface area contributed by atoms with Crippen molar-refractivity contribution in [3.63, 3.8) is 0 Å². The first-order valence-electron chi connectivity index (χ1n) is 7.87. The Morgan fingerprint density at radius 2 is 1.10 bits per heavy atom. The minimum Gasteiger partial charge on any atom is -0.592 e. The van der Waals surface area contributed by atoms with Gasteiger partial charge < -0.3 is 20.1 Å². The summed E-state index contributed by atoms with van der Waals surface area (Å²) in [4.78, 5) is 10.7. The van der Waals surface area contributed by atoms with Crippen LogP contribution < -0.4 is 0 Å². The van der Waals surface area contributed by atoms with E-state index < -0.39 is 6.67 Å². The van der Waals surface area contributed by atoms with Gasteiger partial charge in [0.05, 0.1) is 0 Å². The Morgan fingerprint density at radius 3 is 1.48 bits per heavy atom. The molecule has 2 fully saturated rings. The Morgan fingerprint density at radius 1 is 0.714 bits per heavy atom. The smallest absolute Gasteiger partial charge is 0.408 e. The molecule has 0 aromatic rings. The monoisotopic (exact) mass is 300 g/mol. The summed E-state index contributed by atoms with van der Waals surface area (Å²) in [7, 11) is 0. The van der Waals surface area contributed by atoms with E-state index >= 15 is 0 Å². The van der Waals surface area contributed by atoms with Gasteiger partial charge in [-0.3, -0.25) is 0 Å². The molecule has 8 heteroatoms. The Balaban J connectivity index is 1.68. The Kier molecular flexibility index (Phi) is 6.49. The molecule has 0 atom stereocenters. The Labute approximate surface area is 124 Å². The van der Waals surface area contributed by atoms with E-state index in [4.69, 9.17) is 9.68 Å². The number of hydrogen-bond donors (Lipinski definition) is 0. The second-order valence-corrected chi connectivity index (χ2v) is 5.74. The molecule has 0 heterocycles. The molecular formula is C13H24N4O4. The fourth-order valence-electron chi connectivity index (χ4n) is 2.73. The van der Waals surface area contributed by atoms with Crippen LogP contribution in [0.15, 0.2) is 10.6 Å². The van der Waals surface area contributed by atoms with Crippen LogP contribution in [0.5, 0.6) is 0 Å². The molecule has 0 bridgehead atoms. The molecule has 2 saturated carbocycles. The number of rotatable bonds is 6. The summed E-state index contributed by atoms with van der Waals surface area (Å²) in [6.07, 6.45) is 10.4. The third-order valence-electron chi connectivity index (χ3n) is 3.92. The van der Waals surface area contributed by atoms with Crippen molar-refractivity contribution < 1.29 is 19.4 Å². The average Bonchev–Trinajstić information content (AvgIpc) is 2.53. The largest absolute Gasteiger partial charge is 0.592 e. The molecule has 0 aromatic carbocycles. The first-order chi connectivity index (χ1) is 10.2. The highest BCUT2D eigenvalue weighted by atomic mass is 16.7. The second kappa shape index (κ2) is 8.63. The van der Waals surface area contributed by atoms with E-state index in [9.17, 15) is 10.4 Å². The molecule has 0 amide bonds. The predicted molar refractivity (Wildman–Crippen MR) is 72.9 cm³/mol. The molecule has 8 nitrogen and oxygen atoms in total. The highest BCUT2D eigenvalue weighted by molar-refractivity contribution is 4.64. The van der Waals surface area contributed by atoms with Crippen molar-refractivity contribution in [1.29, 1.82) is 0 Å². The van der Waals surface area contributed by atoms with Crippen molar-refractivity contribution in [2.45, 2.75) is 76.4 Å². The Hall–Kier alpha value is -1.60. The van der Waals surface area contributed by atoms with Gasteiger partial charge in [-0.1, -0.05) is 12.8 Å². The quantitative estimate of drug-likeness (QED) is 0.325. The van der Waals surface area contributed by atoms with E-state index in [0.29, 0.717) is 0 Å². The summed E-state index contributed by atoms with van der Waals surface area (Å²) < 4.78 is 0. The van der Waals surface area contributed by atoms with E-state index in [1.165, 1.54) is 12.8 Å². The van der Waals surface area contributed by atoms with Crippen LogP contribution in [0.4, 0.5) is 0 Å². The number of hydrogen-bond acceptors (Lipinski definition) is 6. The van der Waals surface area contributed by atoms with E-state index in [-0.39, 0.29) is 21.9 Å². The summed E-state index contributed by atoms with van der Waals surface area (Å²) in [5.41, 5.74) is 0. The maximum absolute atomic E-state index is 11.4. The van der Waals surface area contributed by atoms with Gasteiger partial charge in [-0.2, -0.15) is 0 Å². The van der Waals surface area contributed by atoms with Crippen LogP contribution in [0.1, 0.15) is 64.2 Å². The highest BCUT2D eigenvalue weighted by Gasteiger charge is 2.18. The van der Waals surface area contributed by atoms with Gasteiger partial charge >= 0.3 is 6.67 Å². The molecule has 2 rings (SSSR count). The van der Waals surface area contributed by atoms with Crippen LogP contribution in [-0.4, -0.2) is 28.6 Å². The molecule has 0 N–H and O–H groups in total. The zero-order valence-corrected chi connectivity index (χ0v) is 12.4. The fourth-order valence-corrected chi connectivity index (χ4v) is 2.73. The van der Waals surface area contributed by atoms with Crippen molar-refractivity contribution in [3.8, 4) is 0 Å². The van der Waals surface area contributed by atoms with Crippen LogP contribution >= 0.6 is 0 Å². The van der Waals surface area contributed by atoms with E-state index in [0.717, 1.165) is 51.4 Å². The molecule has 2 aliphatic carbocycles. The standard InChI is InChI=1S/C13H24N4O4/c18-16(14-20-12-7-3-1-4-8-12)11-17(19)15-21-13-9-5-2-6-10-13/h12-13H,1-11H2/b16-14-,17-15+. The van der Waals surface area contributed by atoms with Crippen molar-refractivity contribution in [2.24, 2.45) is 10.6 Å². The van der Waals surface area contributed by atoms with Crippen molar-refractivity contribution in [3.05, 3.63) is 10.4 Å². The average molecular weight is 300 g/mol. The lowest BCUT2D eigenvalue weighted by Crippen LogP contribution is -2.20. The first-order valence-corrected chi connectivity index (χ1v) is 7.87. The van der Waals surface area contributed by atoms with Gasteiger partial charge in [0.2, 0.25) is 10.6 Å². The molecule has 0 unspecified atom stereocenters. The lowest BCUT2D eigenvalue weighted by Gasteiger charge is -2.18. The Bertz CT molecular complexity index is 329. The van der Waals surface area contributed by atoms with Crippen molar-refractivity contribution in [1.82, 2.24) is 0 Å². The maximum atomic E-state index is 11.4. The number of hydroxylamine groups is 2. The van der Waals surface area contributed by atoms with Crippen molar-refractivity contribution in [2.75, 3.05) is 6.67 Å². The molecule has 2 aliphatic rings. The highest BCUT2D eigenvalue weighted by Crippen LogP contribution is 2.21. The van der Waals surface area contributed by atoms with Gasteiger partial charge in [0.1, 0.15) is 12.2 Å². The van der Waals surface area contributed by atoms with E-state index in [1.54, 1.807) is 0 Å². The molecule has 0 aliphatic heterocycles. The van der Waals surface area contributed by atoms with Gasteiger partial charge in [0, 0.05) is 9.72 Å². The zero-order chi connectivity index (χ0) is 14.9. The summed E-state index contributed by atoms with van der Waals surface area (Å²) in [5, 5.41) is 29.6. The molecule has 0 saturated heterocycles. The lowest BCUT2D eigenvalue weighted by atomic mass is 9.98. The summed E-state index contributed by atoms with van der Waals surface area (Å²) in [6, 6.07) is 0. The van der Waals surface area contributed by atoms with Crippen molar-refractivity contribution >= 4 is 0 Å². The molecular weight excluding hydrogens is 276 g/mol. The minimum atomic E-state index is -0.542. The summed E-state index contributed by atoms with van der Waals surface area (Å²) in [6.45, 7) is -0.542. The lowest BCUT2D eigenvalue weighted by molar-refractivity contribution is -0.752. The maximum Gasteiger partial charge on any atom is 0.408 e. The summed E-state index contributed by atoms with van der Waals surface area (Å²) >= 11 is 0. The predicted octanol–water partition coefficient (Wildman–Crippen LogP) is 3.40. The third kappa shape index (κ3) is 6.14. The van der Waals surface area contributed by atoms with E-state index in [2.05, 4.69) is 10.6 Å². The molecule has 21 heavy (non-hydrogen) atoms. The second-order valence-electron chi connectivity index (χ2n) is 5.74. The van der Waals surface area contributed by atoms with Gasteiger partial charge in [-0.15, -0.1) is 0 Å². The minimum absolute atomic E-state index is 0.00858. The van der Waals surface area contributed by atoms with E-state index in [1.807, 2.05) is 0 Å².